The van der Waals surface area contributed by atoms with Crippen LogP contribution in [0, 0.1) is 10.1 Å². The SMILES string of the molecule is O=C1CC(c2ccc([N+](=O)[O-])cc2)NC2C(c3ccc(Cl)cc3)C(Cc3ccccc3)NN12. The van der Waals surface area contributed by atoms with Crippen LogP contribution in [-0.4, -0.2) is 28.0 Å². The maximum absolute atomic E-state index is 13.2. The van der Waals surface area contributed by atoms with Gasteiger partial charge in [0, 0.05) is 41.6 Å². The van der Waals surface area contributed by atoms with Crippen LogP contribution in [0.1, 0.15) is 35.1 Å². The Kier molecular flexibility index (Phi) is 5.85. The molecule has 2 aliphatic rings. The Morgan fingerprint density at radius 3 is 2.30 bits per heavy atom. The summed E-state index contributed by atoms with van der Waals surface area (Å²) in [6, 6.07) is 24.2. The van der Waals surface area contributed by atoms with Gasteiger partial charge < -0.3 is 0 Å². The van der Waals surface area contributed by atoms with Crippen LogP contribution in [0.15, 0.2) is 78.9 Å². The highest BCUT2D eigenvalue weighted by molar-refractivity contribution is 6.30. The molecule has 0 spiro atoms. The molecular formula is C25H23ClN4O3. The smallest absolute Gasteiger partial charge is 0.269 e. The van der Waals surface area contributed by atoms with E-state index < -0.39 is 4.92 Å². The van der Waals surface area contributed by atoms with Gasteiger partial charge in [0.15, 0.2) is 0 Å². The van der Waals surface area contributed by atoms with Gasteiger partial charge >= 0.3 is 0 Å². The monoisotopic (exact) mass is 462 g/mol. The van der Waals surface area contributed by atoms with E-state index in [1.807, 2.05) is 42.5 Å². The molecule has 2 heterocycles. The second kappa shape index (κ2) is 8.94. The van der Waals surface area contributed by atoms with Crippen LogP contribution in [0.5, 0.6) is 0 Å². The molecule has 168 valence electrons. The summed E-state index contributed by atoms with van der Waals surface area (Å²) in [5, 5.41) is 17.0. The number of hydrazine groups is 1. The first-order valence-electron chi connectivity index (χ1n) is 10.9. The molecule has 8 heteroatoms. The number of hydrogen-bond acceptors (Lipinski definition) is 5. The third-order valence-electron chi connectivity index (χ3n) is 6.44. The first kappa shape index (κ1) is 21.6. The van der Waals surface area contributed by atoms with Crippen molar-refractivity contribution in [3.05, 3.63) is 111 Å². The van der Waals surface area contributed by atoms with Gasteiger partial charge in [0.1, 0.15) is 6.17 Å². The molecule has 1 amide bonds. The Balaban J connectivity index is 1.46. The summed E-state index contributed by atoms with van der Waals surface area (Å²) >= 11 is 6.14. The molecule has 4 unspecified atom stereocenters. The third-order valence-corrected chi connectivity index (χ3v) is 6.69. The lowest BCUT2D eigenvalue weighted by atomic mass is 9.85. The minimum Gasteiger partial charge on any atom is -0.288 e. The van der Waals surface area contributed by atoms with E-state index in [0.29, 0.717) is 5.02 Å². The highest BCUT2D eigenvalue weighted by Crippen LogP contribution is 2.38. The topological polar surface area (TPSA) is 87.5 Å². The molecule has 2 aliphatic heterocycles. The maximum Gasteiger partial charge on any atom is 0.269 e. The van der Waals surface area contributed by atoms with Crippen molar-refractivity contribution in [2.24, 2.45) is 0 Å². The first-order chi connectivity index (χ1) is 16.0. The number of nitrogens with zero attached hydrogens (tertiary/aromatic N) is 2. The highest BCUT2D eigenvalue weighted by Gasteiger charge is 2.48. The van der Waals surface area contributed by atoms with Crippen molar-refractivity contribution in [1.29, 1.82) is 0 Å². The van der Waals surface area contributed by atoms with Crippen LogP contribution in [0.3, 0.4) is 0 Å². The normalized spacial score (nSPS) is 24.5. The molecule has 2 N–H and O–H groups in total. The third kappa shape index (κ3) is 4.35. The number of fused-ring (bicyclic) bond motifs is 1. The summed E-state index contributed by atoms with van der Waals surface area (Å²) in [4.78, 5) is 23.7. The summed E-state index contributed by atoms with van der Waals surface area (Å²) in [6.45, 7) is 0. The van der Waals surface area contributed by atoms with Gasteiger partial charge in [-0.1, -0.05) is 66.2 Å². The number of nitro benzene ring substituents is 1. The van der Waals surface area contributed by atoms with E-state index in [4.69, 9.17) is 11.6 Å². The van der Waals surface area contributed by atoms with Gasteiger partial charge in [0.25, 0.3) is 5.69 Å². The maximum atomic E-state index is 13.2. The van der Waals surface area contributed by atoms with Gasteiger partial charge in [-0.3, -0.25) is 25.2 Å². The van der Waals surface area contributed by atoms with Crippen LogP contribution in [-0.2, 0) is 11.2 Å². The molecule has 3 aromatic rings. The number of nitrogens with one attached hydrogen (secondary N) is 2. The molecule has 0 saturated carbocycles. The lowest BCUT2D eigenvalue weighted by Gasteiger charge is -2.37. The molecule has 5 rings (SSSR count). The summed E-state index contributed by atoms with van der Waals surface area (Å²) in [7, 11) is 0. The molecule has 4 atom stereocenters. The van der Waals surface area contributed by atoms with Crippen molar-refractivity contribution in [2.45, 2.75) is 37.0 Å². The highest BCUT2D eigenvalue weighted by atomic mass is 35.5. The van der Waals surface area contributed by atoms with Crippen LogP contribution in [0.2, 0.25) is 5.02 Å². The van der Waals surface area contributed by atoms with Crippen LogP contribution in [0.25, 0.3) is 0 Å². The average molecular weight is 463 g/mol. The van der Waals surface area contributed by atoms with E-state index in [1.165, 1.54) is 17.7 Å². The van der Waals surface area contributed by atoms with Gasteiger partial charge in [-0.15, -0.1) is 0 Å². The summed E-state index contributed by atoms with van der Waals surface area (Å²) in [6.07, 6.45) is 0.770. The molecular weight excluding hydrogens is 440 g/mol. The van der Waals surface area contributed by atoms with E-state index in [9.17, 15) is 14.9 Å². The van der Waals surface area contributed by atoms with Crippen molar-refractivity contribution in [2.75, 3.05) is 0 Å². The molecule has 2 saturated heterocycles. The van der Waals surface area contributed by atoms with Crippen LogP contribution in [0.4, 0.5) is 5.69 Å². The molecule has 0 bridgehead atoms. The lowest BCUT2D eigenvalue weighted by Crippen LogP contribution is -2.56. The van der Waals surface area contributed by atoms with E-state index in [0.717, 1.165) is 17.5 Å². The fourth-order valence-corrected chi connectivity index (χ4v) is 4.97. The van der Waals surface area contributed by atoms with E-state index >= 15 is 0 Å². The Morgan fingerprint density at radius 2 is 1.64 bits per heavy atom. The zero-order chi connectivity index (χ0) is 22.9. The number of carbonyl (C=O) groups excluding carboxylic acids is 1. The number of nitro groups is 1. The predicted octanol–water partition coefficient (Wildman–Crippen LogP) is 4.35. The van der Waals surface area contributed by atoms with Crippen LogP contribution < -0.4 is 10.7 Å². The number of benzene rings is 3. The van der Waals surface area contributed by atoms with Crippen molar-refractivity contribution in [1.82, 2.24) is 15.8 Å². The molecule has 0 radical (unpaired) electrons. The quantitative estimate of drug-likeness (QED) is 0.434. The van der Waals surface area contributed by atoms with Crippen molar-refractivity contribution in [3.8, 4) is 0 Å². The van der Waals surface area contributed by atoms with Crippen molar-refractivity contribution in [3.63, 3.8) is 0 Å². The molecule has 0 aliphatic carbocycles. The Morgan fingerprint density at radius 1 is 0.970 bits per heavy atom. The first-order valence-corrected chi connectivity index (χ1v) is 11.3. The summed E-state index contributed by atoms with van der Waals surface area (Å²) < 4.78 is 0. The van der Waals surface area contributed by atoms with Gasteiger partial charge in [-0.2, -0.15) is 0 Å². The van der Waals surface area contributed by atoms with E-state index in [1.54, 1.807) is 17.1 Å². The van der Waals surface area contributed by atoms with Gasteiger partial charge in [0.05, 0.1) is 4.92 Å². The standard InChI is InChI=1S/C25H23ClN4O3/c26-19-10-6-18(7-11-19)24-22(14-16-4-2-1-3-5-16)28-29-23(31)15-21(27-25(24)29)17-8-12-20(13-9-17)30(32)33/h1-13,21-22,24-25,27-28H,14-15H2. The number of amides is 1. The molecule has 0 aromatic heterocycles. The fourth-order valence-electron chi connectivity index (χ4n) is 4.85. The number of halogens is 1. The average Bonchev–Trinajstić information content (AvgIpc) is 3.19. The Bertz CT molecular complexity index is 1150. The number of hydrogen-bond donors (Lipinski definition) is 2. The predicted molar refractivity (Wildman–Crippen MR) is 125 cm³/mol. The minimum absolute atomic E-state index is 0.00312. The van der Waals surface area contributed by atoms with Gasteiger partial charge in [0.2, 0.25) is 5.91 Å². The van der Waals surface area contributed by atoms with Gasteiger partial charge in [-0.25, -0.2) is 5.43 Å². The molecule has 33 heavy (non-hydrogen) atoms. The Hall–Kier alpha value is -3.26. The number of rotatable bonds is 5. The number of non-ortho nitro benzene ring substituents is 1. The zero-order valence-electron chi connectivity index (χ0n) is 17.7. The lowest BCUT2D eigenvalue weighted by molar-refractivity contribution is -0.384. The second-order valence-electron chi connectivity index (χ2n) is 8.48. The second-order valence-corrected chi connectivity index (χ2v) is 8.92. The fraction of sp³-hybridized carbons (Fsp3) is 0.240. The van der Waals surface area contributed by atoms with Crippen LogP contribution >= 0.6 is 11.6 Å². The van der Waals surface area contributed by atoms with E-state index in [2.05, 4.69) is 22.9 Å². The summed E-state index contributed by atoms with van der Waals surface area (Å²) in [5.74, 6) is -0.0103. The molecule has 7 nitrogen and oxygen atoms in total. The van der Waals surface area contributed by atoms with Crippen molar-refractivity contribution < 1.29 is 9.72 Å². The van der Waals surface area contributed by atoms with Crippen molar-refractivity contribution >= 4 is 23.2 Å². The van der Waals surface area contributed by atoms with Gasteiger partial charge in [-0.05, 0) is 35.2 Å². The molecule has 2 fully saturated rings. The summed E-state index contributed by atoms with van der Waals surface area (Å²) in [5.41, 5.74) is 6.62. The van der Waals surface area contributed by atoms with E-state index in [-0.39, 0.29) is 42.2 Å². The number of carbonyl (C=O) groups is 1. The largest absolute Gasteiger partial charge is 0.288 e. The zero-order valence-corrected chi connectivity index (χ0v) is 18.5. The minimum atomic E-state index is -0.420. The molecule has 3 aromatic carbocycles. The Labute approximate surface area is 196 Å².